The Morgan fingerprint density at radius 1 is 0.833 bits per heavy atom. The monoisotopic (exact) mass is 676 g/mol. The van der Waals surface area contributed by atoms with Crippen molar-refractivity contribution in [1.29, 1.82) is 0 Å². The number of aryl methyl sites for hydroxylation is 1. The topological polar surface area (TPSA) is 115 Å². The Bertz CT molecular complexity index is 1650. The van der Waals surface area contributed by atoms with Crippen LogP contribution in [0.4, 0.5) is 4.79 Å². The molecule has 4 aromatic rings. The quantitative estimate of drug-likeness (QED) is 0.124. The van der Waals surface area contributed by atoms with E-state index in [-0.39, 0.29) is 29.6 Å². The minimum absolute atomic E-state index is 0.00652. The van der Waals surface area contributed by atoms with Crippen molar-refractivity contribution in [3.05, 3.63) is 98.7 Å². The summed E-state index contributed by atoms with van der Waals surface area (Å²) in [6.45, 7) is 11.3. The molecule has 0 saturated heterocycles. The van der Waals surface area contributed by atoms with Crippen molar-refractivity contribution in [1.82, 2.24) is 19.7 Å². The maximum absolute atomic E-state index is 13.5. The maximum atomic E-state index is 13.5. The fourth-order valence-corrected chi connectivity index (χ4v) is 6.43. The Morgan fingerprint density at radius 3 is 2.31 bits per heavy atom. The standard InChI is InChI=1S/C37H48N4O6S/c1-4-39(5-2)19-20-40(33(43)18-24-46-23-16-29-13-9-10-28(3)26-29)21-22-41(27-30-11-7-6-8-12-30)37(45)47-25-17-31-14-15-32(42)34-35(31)48-36(44)38-34/h6-15,26,42H,4-5,16-25,27H2,1-3H3,(H,38,44). The van der Waals surface area contributed by atoms with Gasteiger partial charge in [0.1, 0.15) is 11.3 Å². The Morgan fingerprint density at radius 2 is 1.56 bits per heavy atom. The largest absolute Gasteiger partial charge is 0.506 e. The van der Waals surface area contributed by atoms with Crippen LogP contribution in [0.1, 0.15) is 42.5 Å². The highest BCUT2D eigenvalue weighted by Crippen LogP contribution is 2.28. The van der Waals surface area contributed by atoms with Gasteiger partial charge in [0.05, 0.1) is 30.9 Å². The van der Waals surface area contributed by atoms with E-state index in [4.69, 9.17) is 9.47 Å². The molecule has 0 bridgehead atoms. The lowest BCUT2D eigenvalue weighted by atomic mass is 10.1. The number of aromatic amines is 1. The molecule has 48 heavy (non-hydrogen) atoms. The minimum Gasteiger partial charge on any atom is -0.506 e. The van der Waals surface area contributed by atoms with Gasteiger partial charge in [-0.05, 0) is 49.2 Å². The van der Waals surface area contributed by atoms with Crippen LogP contribution in [0.25, 0.3) is 10.2 Å². The van der Waals surface area contributed by atoms with Crippen LogP contribution in [0.5, 0.6) is 5.75 Å². The van der Waals surface area contributed by atoms with Crippen molar-refractivity contribution in [3.8, 4) is 5.75 Å². The normalized spacial score (nSPS) is 11.2. The third-order valence-corrected chi connectivity index (χ3v) is 9.32. The summed E-state index contributed by atoms with van der Waals surface area (Å²) in [5.41, 5.74) is 4.58. The summed E-state index contributed by atoms with van der Waals surface area (Å²) in [6.07, 6.45) is 0.961. The molecule has 258 valence electrons. The molecule has 0 radical (unpaired) electrons. The second-order valence-corrected chi connectivity index (χ2v) is 12.7. The number of H-pyrrole nitrogens is 1. The molecular weight excluding hydrogens is 628 g/mol. The number of carbonyl (C=O) groups is 2. The predicted molar refractivity (Wildman–Crippen MR) is 191 cm³/mol. The van der Waals surface area contributed by atoms with Crippen molar-refractivity contribution < 1.29 is 24.2 Å². The predicted octanol–water partition coefficient (Wildman–Crippen LogP) is 5.60. The Kier molecular flexibility index (Phi) is 14.5. The van der Waals surface area contributed by atoms with E-state index in [9.17, 15) is 19.5 Å². The number of ether oxygens (including phenoxy) is 2. The number of carbonyl (C=O) groups excluding carboxylic acids is 2. The van der Waals surface area contributed by atoms with Crippen LogP contribution in [0.15, 0.2) is 71.5 Å². The molecule has 0 aliphatic rings. The van der Waals surface area contributed by atoms with Crippen LogP contribution < -0.4 is 4.87 Å². The highest BCUT2D eigenvalue weighted by Gasteiger charge is 2.21. The van der Waals surface area contributed by atoms with Crippen LogP contribution in [0.3, 0.4) is 0 Å². The molecule has 2 amide bonds. The lowest BCUT2D eigenvalue weighted by Crippen LogP contribution is -2.44. The molecule has 0 aliphatic heterocycles. The molecule has 3 aromatic carbocycles. The number of aromatic nitrogens is 1. The first-order valence-corrected chi connectivity index (χ1v) is 17.5. The van der Waals surface area contributed by atoms with Gasteiger partial charge in [-0.3, -0.25) is 9.59 Å². The van der Waals surface area contributed by atoms with Gasteiger partial charge >= 0.3 is 11.0 Å². The Hall–Kier alpha value is -4.19. The molecule has 0 unspecified atom stereocenters. The van der Waals surface area contributed by atoms with Gasteiger partial charge in [0.25, 0.3) is 0 Å². The van der Waals surface area contributed by atoms with Crippen LogP contribution in [-0.4, -0.2) is 95.9 Å². The van der Waals surface area contributed by atoms with Crippen LogP contribution in [0.2, 0.25) is 0 Å². The minimum atomic E-state index is -0.480. The molecule has 0 atom stereocenters. The van der Waals surface area contributed by atoms with E-state index in [0.29, 0.717) is 56.0 Å². The third kappa shape index (κ3) is 11.2. The van der Waals surface area contributed by atoms with E-state index in [0.717, 1.165) is 48.5 Å². The number of fused-ring (bicyclic) bond motifs is 1. The summed E-state index contributed by atoms with van der Waals surface area (Å²) in [4.78, 5) is 47.0. The van der Waals surface area contributed by atoms with E-state index in [1.165, 1.54) is 17.2 Å². The number of benzene rings is 3. The van der Waals surface area contributed by atoms with Gasteiger partial charge in [0.15, 0.2) is 0 Å². The summed E-state index contributed by atoms with van der Waals surface area (Å²) in [6, 6.07) is 21.3. The molecule has 0 aliphatic carbocycles. The average Bonchev–Trinajstić information content (AvgIpc) is 3.49. The number of likely N-dealkylation sites (N-methyl/N-ethyl adjacent to an activating group) is 1. The molecule has 0 spiro atoms. The SMILES string of the molecule is CCN(CC)CCN(CCN(Cc1ccccc1)C(=O)OCCc1ccc(O)c2[nH]c(=O)sc12)C(=O)CCOCCc1cccc(C)c1. The van der Waals surface area contributed by atoms with E-state index >= 15 is 0 Å². The van der Waals surface area contributed by atoms with Crippen LogP contribution in [-0.2, 0) is 33.7 Å². The van der Waals surface area contributed by atoms with E-state index in [1.54, 1.807) is 11.0 Å². The summed E-state index contributed by atoms with van der Waals surface area (Å²) in [5.74, 6) is -0.000344. The van der Waals surface area contributed by atoms with Crippen molar-refractivity contribution in [2.45, 2.75) is 46.6 Å². The highest BCUT2D eigenvalue weighted by molar-refractivity contribution is 7.16. The zero-order valence-corrected chi connectivity index (χ0v) is 29.1. The zero-order valence-electron chi connectivity index (χ0n) is 28.3. The molecule has 1 aromatic heterocycles. The molecule has 2 N–H and O–H groups in total. The maximum Gasteiger partial charge on any atom is 0.410 e. The first-order valence-electron chi connectivity index (χ1n) is 16.7. The lowest BCUT2D eigenvalue weighted by molar-refractivity contribution is -0.132. The number of nitrogens with zero attached hydrogens (tertiary/aromatic N) is 3. The third-order valence-electron chi connectivity index (χ3n) is 8.36. The summed E-state index contributed by atoms with van der Waals surface area (Å²) in [7, 11) is 0. The summed E-state index contributed by atoms with van der Waals surface area (Å²) < 4.78 is 12.2. The van der Waals surface area contributed by atoms with Gasteiger partial charge in [-0.25, -0.2) is 4.79 Å². The van der Waals surface area contributed by atoms with Crippen molar-refractivity contribution in [3.63, 3.8) is 0 Å². The van der Waals surface area contributed by atoms with Crippen LogP contribution >= 0.6 is 11.3 Å². The number of thiazole rings is 1. The molecule has 4 rings (SSSR count). The Balaban J connectivity index is 1.37. The van der Waals surface area contributed by atoms with Gasteiger partial charge in [0, 0.05) is 39.1 Å². The number of rotatable bonds is 19. The van der Waals surface area contributed by atoms with Gasteiger partial charge in [0.2, 0.25) is 5.91 Å². The smallest absolute Gasteiger partial charge is 0.410 e. The fraction of sp³-hybridized carbons (Fsp3) is 0.432. The Labute approximate surface area is 286 Å². The fourth-order valence-electron chi connectivity index (χ4n) is 5.53. The second kappa shape index (κ2) is 19.0. The number of aromatic hydroxyl groups is 1. The average molecular weight is 677 g/mol. The number of hydrogen-bond acceptors (Lipinski definition) is 8. The van der Waals surface area contributed by atoms with E-state index in [2.05, 4.69) is 48.9 Å². The number of amides is 2. The molecule has 0 fully saturated rings. The van der Waals surface area contributed by atoms with Gasteiger partial charge < -0.3 is 34.3 Å². The van der Waals surface area contributed by atoms with E-state index < -0.39 is 6.09 Å². The van der Waals surface area contributed by atoms with Crippen molar-refractivity contribution >= 4 is 33.6 Å². The first kappa shape index (κ1) is 36.6. The molecule has 1 heterocycles. The number of hydrogen-bond donors (Lipinski definition) is 2. The summed E-state index contributed by atoms with van der Waals surface area (Å²) >= 11 is 1.02. The van der Waals surface area contributed by atoms with E-state index in [1.807, 2.05) is 41.3 Å². The van der Waals surface area contributed by atoms with Gasteiger partial charge in [-0.2, -0.15) is 0 Å². The second-order valence-electron chi connectivity index (χ2n) is 11.7. The van der Waals surface area contributed by atoms with Gasteiger partial charge in [-0.1, -0.05) is 91.4 Å². The summed E-state index contributed by atoms with van der Waals surface area (Å²) in [5, 5.41) is 10.1. The molecule has 10 nitrogen and oxygen atoms in total. The zero-order chi connectivity index (χ0) is 34.3. The van der Waals surface area contributed by atoms with Crippen LogP contribution in [0, 0.1) is 6.92 Å². The first-order chi connectivity index (χ1) is 23.3. The van der Waals surface area contributed by atoms with Crippen molar-refractivity contribution in [2.75, 3.05) is 59.1 Å². The number of nitrogens with one attached hydrogen (secondary N) is 1. The van der Waals surface area contributed by atoms with Gasteiger partial charge in [-0.15, -0.1) is 0 Å². The lowest BCUT2D eigenvalue weighted by Gasteiger charge is -2.29. The van der Waals surface area contributed by atoms with Crippen molar-refractivity contribution in [2.24, 2.45) is 0 Å². The number of phenols is 1. The molecular formula is C37H48N4O6S. The molecule has 0 saturated carbocycles. The highest BCUT2D eigenvalue weighted by atomic mass is 32.1. The molecule has 11 heteroatoms. The number of phenolic OH excluding ortho intramolecular Hbond substituents is 1.